The first-order valence-electron chi connectivity index (χ1n) is 10.0. The molecule has 0 aromatic heterocycles. The highest BCUT2D eigenvalue weighted by molar-refractivity contribution is 7.90. The molecule has 6 N–H and O–H groups in total. The highest BCUT2D eigenvalue weighted by atomic mass is 32.2. The molecule has 3 amide bonds. The summed E-state index contributed by atoms with van der Waals surface area (Å²) in [4.78, 5) is 51.5. The van der Waals surface area contributed by atoms with Gasteiger partial charge < -0.3 is 20.6 Å². The number of likely N-dealkylation sites (N-methyl/N-ethyl adjacent to an activating group) is 2. The number of carboxylic acid groups (broad SMARTS) is 1. The first kappa shape index (κ1) is 28.0. The molecule has 0 fully saturated rings. The molecule has 0 radical (unpaired) electrons. The van der Waals surface area contributed by atoms with E-state index in [1.807, 2.05) is 0 Å². The third-order valence-electron chi connectivity index (χ3n) is 5.16. The number of carboxylic acids is 1. The summed E-state index contributed by atoms with van der Waals surface area (Å²) in [5.74, 6) is 1.30. The van der Waals surface area contributed by atoms with E-state index in [1.165, 1.54) is 14.1 Å². The predicted octanol–water partition coefficient (Wildman–Crippen LogP) is -1.89. The maximum atomic E-state index is 13.2. The fourth-order valence-electron chi connectivity index (χ4n) is 3.22. The van der Waals surface area contributed by atoms with Crippen LogP contribution in [0.15, 0.2) is 30.3 Å². The van der Waals surface area contributed by atoms with Gasteiger partial charge >= 0.3 is 5.97 Å². The van der Waals surface area contributed by atoms with Gasteiger partial charge in [0.05, 0.1) is 12.2 Å². The number of hydrazine groups is 1. The van der Waals surface area contributed by atoms with Gasteiger partial charge in [-0.3, -0.25) is 25.0 Å². The van der Waals surface area contributed by atoms with Crippen molar-refractivity contribution in [3.63, 3.8) is 0 Å². The molecule has 0 aliphatic carbocycles. The average Bonchev–Trinajstić information content (AvgIpc) is 2.74. The van der Waals surface area contributed by atoms with Gasteiger partial charge in [-0.1, -0.05) is 30.3 Å². The van der Waals surface area contributed by atoms with Crippen LogP contribution in [0.1, 0.15) is 18.4 Å². The number of carbonyl (C=O) groups excluding carboxylic acids is 3. The van der Waals surface area contributed by atoms with Crippen molar-refractivity contribution in [3.05, 3.63) is 35.9 Å². The topological polar surface area (TPSA) is 193 Å². The Balaban J connectivity index is 3.14. The fourth-order valence-corrected chi connectivity index (χ4v) is 3.88. The predicted molar refractivity (Wildman–Crippen MR) is 120 cm³/mol. The highest BCUT2D eigenvalue weighted by Crippen LogP contribution is 2.15. The van der Waals surface area contributed by atoms with Crippen molar-refractivity contribution < 1.29 is 32.7 Å². The second kappa shape index (κ2) is 12.3. The van der Waals surface area contributed by atoms with Crippen molar-refractivity contribution in [1.82, 2.24) is 15.2 Å². The number of nitrogens with one attached hydrogen (secondary N) is 1. The second-order valence-corrected chi connectivity index (χ2v) is 10.0. The van der Waals surface area contributed by atoms with E-state index in [0.717, 1.165) is 21.6 Å². The lowest BCUT2D eigenvalue weighted by Crippen LogP contribution is -2.58. The molecule has 0 aliphatic heterocycles. The molecule has 0 aliphatic rings. The molecular weight excluding hydrogens is 454 g/mol. The largest absolute Gasteiger partial charge is 0.481 e. The molecule has 33 heavy (non-hydrogen) atoms. The number of nitrogens with two attached hydrogens (primary N) is 2. The molecule has 0 saturated heterocycles. The molecule has 1 unspecified atom stereocenters. The SMILES string of the molecule is CN(C(=O)[C@H](CCS(C)(=O)=O)NN)C(CC(=O)O)C(=O)N(C)[C@@H](Cc1ccccc1)C(N)=O. The lowest BCUT2D eigenvalue weighted by atomic mass is 10.0. The number of rotatable bonds is 13. The zero-order valence-corrected chi connectivity index (χ0v) is 19.6. The van der Waals surface area contributed by atoms with Gasteiger partial charge in [0, 0.05) is 26.8 Å². The minimum absolute atomic E-state index is 0.0944. The summed E-state index contributed by atoms with van der Waals surface area (Å²) in [7, 11) is -0.882. The van der Waals surface area contributed by atoms with Crippen molar-refractivity contribution >= 4 is 33.5 Å². The second-order valence-electron chi connectivity index (χ2n) is 7.76. The molecule has 1 aromatic carbocycles. The summed E-state index contributed by atoms with van der Waals surface area (Å²) in [5.41, 5.74) is 8.43. The van der Waals surface area contributed by atoms with Gasteiger partial charge in [-0.05, 0) is 12.0 Å². The van der Waals surface area contributed by atoms with Crippen LogP contribution in [0, 0.1) is 0 Å². The molecule has 1 rings (SSSR count). The lowest BCUT2D eigenvalue weighted by molar-refractivity contribution is -0.151. The minimum Gasteiger partial charge on any atom is -0.481 e. The van der Waals surface area contributed by atoms with Gasteiger partial charge in [-0.15, -0.1) is 0 Å². The summed E-state index contributed by atoms with van der Waals surface area (Å²) in [6.45, 7) is 0. The van der Waals surface area contributed by atoms with Crippen LogP contribution >= 0.6 is 0 Å². The van der Waals surface area contributed by atoms with E-state index >= 15 is 0 Å². The van der Waals surface area contributed by atoms with Crippen LogP contribution in [-0.4, -0.2) is 91.2 Å². The number of sulfone groups is 1. The van der Waals surface area contributed by atoms with E-state index in [-0.39, 0.29) is 18.6 Å². The Hall–Kier alpha value is -3.03. The molecule has 0 bridgehead atoms. The summed E-state index contributed by atoms with van der Waals surface area (Å²) in [5, 5.41) is 9.31. The number of hydrogen-bond acceptors (Lipinski definition) is 8. The Labute approximate surface area is 192 Å². The van der Waals surface area contributed by atoms with Crippen LogP contribution in [-0.2, 0) is 35.4 Å². The van der Waals surface area contributed by atoms with Gasteiger partial charge in [-0.25, -0.2) is 13.8 Å². The lowest BCUT2D eigenvalue weighted by Gasteiger charge is -2.34. The Morgan fingerprint density at radius 1 is 1.03 bits per heavy atom. The Morgan fingerprint density at radius 3 is 2.03 bits per heavy atom. The third-order valence-corrected chi connectivity index (χ3v) is 6.14. The van der Waals surface area contributed by atoms with Crippen LogP contribution in [0.5, 0.6) is 0 Å². The van der Waals surface area contributed by atoms with Crippen molar-refractivity contribution in [1.29, 1.82) is 0 Å². The molecule has 12 nitrogen and oxygen atoms in total. The molecular formula is C20H31N5O7S. The number of amides is 3. The summed E-state index contributed by atoms with van der Waals surface area (Å²) < 4.78 is 22.9. The van der Waals surface area contributed by atoms with Gasteiger partial charge in [-0.2, -0.15) is 0 Å². The maximum Gasteiger partial charge on any atom is 0.305 e. The van der Waals surface area contributed by atoms with Crippen molar-refractivity contribution in [2.45, 2.75) is 37.4 Å². The normalized spacial score (nSPS) is 14.1. The number of aliphatic carboxylic acids is 1. The highest BCUT2D eigenvalue weighted by Gasteiger charge is 2.37. The van der Waals surface area contributed by atoms with E-state index in [1.54, 1.807) is 30.3 Å². The first-order valence-corrected chi connectivity index (χ1v) is 12.1. The number of benzene rings is 1. The number of hydrogen-bond donors (Lipinski definition) is 4. The van der Waals surface area contributed by atoms with E-state index in [2.05, 4.69) is 5.43 Å². The van der Waals surface area contributed by atoms with Crippen LogP contribution < -0.4 is 17.0 Å². The van der Waals surface area contributed by atoms with Gasteiger partial charge in [0.15, 0.2) is 0 Å². The Morgan fingerprint density at radius 2 is 1.58 bits per heavy atom. The van der Waals surface area contributed by atoms with E-state index < -0.39 is 58.1 Å². The van der Waals surface area contributed by atoms with E-state index in [4.69, 9.17) is 11.6 Å². The molecule has 3 atom stereocenters. The van der Waals surface area contributed by atoms with Gasteiger partial charge in [0.25, 0.3) is 0 Å². The zero-order valence-electron chi connectivity index (χ0n) is 18.8. The van der Waals surface area contributed by atoms with Crippen molar-refractivity contribution in [3.8, 4) is 0 Å². The van der Waals surface area contributed by atoms with E-state index in [0.29, 0.717) is 0 Å². The quantitative estimate of drug-likeness (QED) is 0.182. The first-order chi connectivity index (χ1) is 15.3. The van der Waals surface area contributed by atoms with E-state index in [9.17, 15) is 32.7 Å². The standard InChI is InChI=1S/C20H31N5O7S/c1-24(15(18(21)28)11-13-7-5-4-6-8-13)20(30)16(12-17(26)27)25(2)19(29)14(23-22)9-10-33(3,31)32/h4-8,14-16,23H,9-12,22H2,1-3H3,(H2,21,28)(H,26,27)/t14-,15-,16?/m0/s1. The Bertz CT molecular complexity index is 955. The van der Waals surface area contributed by atoms with Crippen molar-refractivity contribution in [2.24, 2.45) is 11.6 Å². The number of nitrogens with zero attached hydrogens (tertiary/aromatic N) is 2. The third kappa shape index (κ3) is 8.79. The molecule has 184 valence electrons. The van der Waals surface area contributed by atoms with Crippen LogP contribution in [0.4, 0.5) is 0 Å². The number of carbonyl (C=O) groups is 4. The minimum atomic E-state index is -3.40. The molecule has 0 saturated carbocycles. The maximum absolute atomic E-state index is 13.2. The fraction of sp³-hybridized carbons (Fsp3) is 0.500. The smallest absolute Gasteiger partial charge is 0.305 e. The summed E-state index contributed by atoms with van der Waals surface area (Å²) in [6.07, 6.45) is 0.167. The number of primary amides is 1. The van der Waals surface area contributed by atoms with Gasteiger partial charge in [0.1, 0.15) is 28.0 Å². The summed E-state index contributed by atoms with van der Waals surface area (Å²) >= 11 is 0. The van der Waals surface area contributed by atoms with Crippen LogP contribution in [0.25, 0.3) is 0 Å². The zero-order chi connectivity index (χ0) is 25.3. The van der Waals surface area contributed by atoms with Gasteiger partial charge in [0.2, 0.25) is 17.7 Å². The van der Waals surface area contributed by atoms with Crippen molar-refractivity contribution in [2.75, 3.05) is 26.1 Å². The van der Waals surface area contributed by atoms with Crippen LogP contribution in [0.2, 0.25) is 0 Å². The Kier molecular flexibility index (Phi) is 10.4. The van der Waals surface area contributed by atoms with Crippen LogP contribution in [0.3, 0.4) is 0 Å². The monoisotopic (exact) mass is 485 g/mol. The molecule has 13 heteroatoms. The summed E-state index contributed by atoms with van der Waals surface area (Å²) in [6, 6.07) is 5.05. The molecule has 0 spiro atoms. The average molecular weight is 486 g/mol. The molecule has 0 heterocycles. The molecule has 1 aromatic rings.